The van der Waals surface area contributed by atoms with Gasteiger partial charge in [-0.05, 0) is 22.9 Å². The number of thiophene rings is 2. The van der Waals surface area contributed by atoms with Crippen LogP contribution in [0.5, 0.6) is 0 Å². The Kier molecular flexibility index (Phi) is 4.55. The van der Waals surface area contributed by atoms with Gasteiger partial charge in [0, 0.05) is 5.56 Å². The van der Waals surface area contributed by atoms with Crippen molar-refractivity contribution < 1.29 is 9.73 Å². The number of nitrogens with two attached hydrogens (primary N) is 1. The predicted molar refractivity (Wildman–Crippen MR) is 98.0 cm³/mol. The van der Waals surface area contributed by atoms with Crippen LogP contribution in [0.25, 0.3) is 10.8 Å². The van der Waals surface area contributed by atoms with E-state index in [4.69, 9.17) is 4.42 Å². The van der Waals surface area contributed by atoms with Gasteiger partial charge in [-0.1, -0.05) is 42.5 Å². The lowest BCUT2D eigenvalue weighted by molar-refractivity contribution is -0.702. The van der Waals surface area contributed by atoms with Gasteiger partial charge in [-0.25, -0.2) is 4.98 Å². The van der Waals surface area contributed by atoms with Crippen molar-refractivity contribution in [1.29, 1.82) is 0 Å². The Labute approximate surface area is 148 Å². The van der Waals surface area contributed by atoms with Crippen molar-refractivity contribution in [2.24, 2.45) is 0 Å². The molecular weight excluding hydrogens is 336 g/mol. The summed E-state index contributed by atoms with van der Waals surface area (Å²) in [5.74, 6) is 0.709. The number of rotatable bonds is 6. The molecule has 3 heterocycles. The van der Waals surface area contributed by atoms with Gasteiger partial charge in [0.25, 0.3) is 0 Å². The zero-order chi connectivity index (χ0) is 16.2. The minimum atomic E-state index is 0.285. The van der Waals surface area contributed by atoms with Crippen LogP contribution in [0.3, 0.4) is 0 Å². The Hall–Kier alpha value is -2.21. The summed E-state index contributed by atoms with van der Waals surface area (Å²) in [7, 11) is 0. The molecule has 0 saturated heterocycles. The van der Waals surface area contributed by atoms with Gasteiger partial charge in [0.05, 0.1) is 9.75 Å². The zero-order valence-electron chi connectivity index (χ0n) is 13.0. The second kappa shape index (κ2) is 7.13. The summed E-state index contributed by atoms with van der Waals surface area (Å²) in [6, 6.07) is 19.2. The standard InChI is InChI=1S/C19H16N2OS2/c1-2-6-14(7-3-1)18(16-8-4-10-23-16)20-12-15-13-22-19(21-15)17-9-5-11-24-17/h1-11,13,18,20H,12H2/p+1/t18-/m0/s1. The van der Waals surface area contributed by atoms with E-state index < -0.39 is 0 Å². The average molecular weight is 353 g/mol. The summed E-state index contributed by atoms with van der Waals surface area (Å²) in [4.78, 5) is 7.03. The molecule has 2 N–H and O–H groups in total. The third kappa shape index (κ3) is 3.33. The smallest absolute Gasteiger partial charge is 0.236 e. The summed E-state index contributed by atoms with van der Waals surface area (Å²) in [5, 5.41) is 6.48. The van der Waals surface area contributed by atoms with Crippen molar-refractivity contribution in [2.45, 2.75) is 12.6 Å². The highest BCUT2D eigenvalue weighted by Crippen LogP contribution is 2.24. The molecule has 5 heteroatoms. The van der Waals surface area contributed by atoms with Gasteiger partial charge in [-0.15, -0.1) is 22.7 Å². The third-order valence-electron chi connectivity index (χ3n) is 3.85. The maximum absolute atomic E-state index is 5.62. The van der Waals surface area contributed by atoms with Crippen LogP contribution < -0.4 is 5.32 Å². The lowest BCUT2D eigenvalue weighted by atomic mass is 10.1. The summed E-state index contributed by atoms with van der Waals surface area (Å²) in [6.07, 6.45) is 1.77. The van der Waals surface area contributed by atoms with Gasteiger partial charge in [0.1, 0.15) is 24.5 Å². The van der Waals surface area contributed by atoms with Gasteiger partial charge < -0.3 is 9.73 Å². The molecule has 3 nitrogen and oxygen atoms in total. The minimum absolute atomic E-state index is 0.285. The first kappa shape index (κ1) is 15.3. The van der Waals surface area contributed by atoms with E-state index in [1.165, 1.54) is 10.4 Å². The van der Waals surface area contributed by atoms with E-state index in [0.717, 1.165) is 17.1 Å². The van der Waals surface area contributed by atoms with E-state index in [1.807, 2.05) is 17.5 Å². The highest BCUT2D eigenvalue weighted by atomic mass is 32.1. The molecule has 0 aliphatic carbocycles. The Bertz CT molecular complexity index is 867. The molecule has 3 aromatic heterocycles. The second-order valence-electron chi connectivity index (χ2n) is 5.46. The molecule has 0 amide bonds. The van der Waals surface area contributed by atoms with Crippen LogP contribution in [0.1, 0.15) is 22.2 Å². The Morgan fingerprint density at radius 2 is 1.79 bits per heavy atom. The molecule has 0 bridgehead atoms. The first-order valence-corrected chi connectivity index (χ1v) is 9.56. The molecule has 0 unspecified atom stereocenters. The second-order valence-corrected chi connectivity index (χ2v) is 7.39. The summed E-state index contributed by atoms with van der Waals surface area (Å²) < 4.78 is 5.62. The Morgan fingerprint density at radius 1 is 0.958 bits per heavy atom. The van der Waals surface area contributed by atoms with E-state index in [-0.39, 0.29) is 6.04 Å². The monoisotopic (exact) mass is 353 g/mol. The first-order valence-electron chi connectivity index (χ1n) is 7.80. The number of benzene rings is 1. The molecule has 0 aliphatic rings. The molecule has 1 atom stereocenters. The van der Waals surface area contributed by atoms with Crippen molar-refractivity contribution >= 4 is 22.7 Å². The molecule has 120 valence electrons. The van der Waals surface area contributed by atoms with Gasteiger partial charge in [0.2, 0.25) is 5.89 Å². The topological polar surface area (TPSA) is 42.6 Å². The van der Waals surface area contributed by atoms with Gasteiger partial charge >= 0.3 is 0 Å². The fourth-order valence-corrected chi connectivity index (χ4v) is 4.20. The van der Waals surface area contributed by atoms with Crippen LogP contribution in [0, 0.1) is 0 Å². The lowest BCUT2D eigenvalue weighted by Crippen LogP contribution is -2.83. The molecule has 0 aliphatic heterocycles. The van der Waals surface area contributed by atoms with Crippen LogP contribution in [-0.4, -0.2) is 4.98 Å². The van der Waals surface area contributed by atoms with Crippen molar-refractivity contribution in [1.82, 2.24) is 4.98 Å². The van der Waals surface area contributed by atoms with Gasteiger partial charge in [-0.2, -0.15) is 0 Å². The molecule has 4 aromatic rings. The van der Waals surface area contributed by atoms with Crippen LogP contribution in [0.4, 0.5) is 0 Å². The number of hydrogen-bond acceptors (Lipinski definition) is 4. The van der Waals surface area contributed by atoms with Crippen LogP contribution >= 0.6 is 22.7 Å². The molecule has 24 heavy (non-hydrogen) atoms. The van der Waals surface area contributed by atoms with Crippen LogP contribution in [-0.2, 0) is 6.54 Å². The van der Waals surface area contributed by atoms with Gasteiger partial charge in [-0.3, -0.25) is 0 Å². The van der Waals surface area contributed by atoms with Crippen LogP contribution in [0.15, 0.2) is 76.0 Å². The minimum Gasteiger partial charge on any atom is -0.443 e. The molecule has 0 fully saturated rings. The largest absolute Gasteiger partial charge is 0.443 e. The van der Waals surface area contributed by atoms with E-state index in [0.29, 0.717) is 5.89 Å². The van der Waals surface area contributed by atoms with E-state index >= 15 is 0 Å². The lowest BCUT2D eigenvalue weighted by Gasteiger charge is -2.13. The van der Waals surface area contributed by atoms with Crippen molar-refractivity contribution in [3.63, 3.8) is 0 Å². The average Bonchev–Trinajstić information content (AvgIpc) is 3.38. The summed E-state index contributed by atoms with van der Waals surface area (Å²) in [6.45, 7) is 0.784. The van der Waals surface area contributed by atoms with Crippen molar-refractivity contribution in [2.75, 3.05) is 0 Å². The summed E-state index contributed by atoms with van der Waals surface area (Å²) >= 11 is 3.43. The molecule has 1 aromatic carbocycles. The zero-order valence-corrected chi connectivity index (χ0v) is 14.6. The number of hydrogen-bond donors (Lipinski definition) is 1. The van der Waals surface area contributed by atoms with Gasteiger partial charge in [0.15, 0.2) is 0 Å². The SMILES string of the molecule is c1ccc([C@H]([NH2+]Cc2coc(-c3cccs3)n2)c2cccs2)cc1. The van der Waals surface area contributed by atoms with Crippen molar-refractivity contribution in [3.05, 3.63) is 87.8 Å². The number of nitrogens with zero attached hydrogens (tertiary/aromatic N) is 1. The Morgan fingerprint density at radius 3 is 2.54 bits per heavy atom. The number of oxazole rings is 1. The molecule has 0 spiro atoms. The van der Waals surface area contributed by atoms with E-state index in [2.05, 4.69) is 58.1 Å². The molecule has 4 rings (SSSR count). The predicted octanol–water partition coefficient (Wildman–Crippen LogP) is 4.32. The van der Waals surface area contributed by atoms with E-state index in [1.54, 1.807) is 28.9 Å². The number of aromatic nitrogens is 1. The van der Waals surface area contributed by atoms with Crippen molar-refractivity contribution in [3.8, 4) is 10.8 Å². The molecular formula is C19H17N2OS2+. The highest BCUT2D eigenvalue weighted by molar-refractivity contribution is 7.13. The Balaban J connectivity index is 1.52. The fraction of sp³-hybridized carbons (Fsp3) is 0.105. The fourth-order valence-electron chi connectivity index (χ4n) is 2.70. The maximum atomic E-state index is 5.62. The quantitative estimate of drug-likeness (QED) is 0.561. The molecule has 0 radical (unpaired) electrons. The molecule has 0 saturated carbocycles. The summed E-state index contributed by atoms with van der Waals surface area (Å²) in [5.41, 5.74) is 2.28. The first-order chi connectivity index (χ1) is 11.9. The number of quaternary nitrogens is 1. The van der Waals surface area contributed by atoms with Crippen LogP contribution in [0.2, 0.25) is 0 Å². The maximum Gasteiger partial charge on any atom is 0.236 e. The highest BCUT2D eigenvalue weighted by Gasteiger charge is 2.19. The third-order valence-corrected chi connectivity index (χ3v) is 5.67. The van der Waals surface area contributed by atoms with E-state index in [9.17, 15) is 0 Å². The normalized spacial score (nSPS) is 12.3.